The summed E-state index contributed by atoms with van der Waals surface area (Å²) in [5.41, 5.74) is 1.83. The first-order valence-corrected chi connectivity index (χ1v) is 8.69. The van der Waals surface area contributed by atoms with E-state index < -0.39 is 0 Å². The number of amidine groups is 1. The Labute approximate surface area is 139 Å². The lowest BCUT2D eigenvalue weighted by Crippen LogP contribution is -2.19. The first-order valence-electron chi connectivity index (χ1n) is 7.81. The Kier molecular flexibility index (Phi) is 4.85. The van der Waals surface area contributed by atoms with Crippen LogP contribution >= 0.6 is 11.8 Å². The zero-order valence-corrected chi connectivity index (χ0v) is 13.8. The van der Waals surface area contributed by atoms with Gasteiger partial charge in [0.25, 0.3) is 0 Å². The molecule has 2 aliphatic rings. The van der Waals surface area contributed by atoms with Gasteiger partial charge < -0.3 is 9.64 Å². The van der Waals surface area contributed by atoms with Gasteiger partial charge >= 0.3 is 5.69 Å². The molecule has 0 saturated heterocycles. The van der Waals surface area contributed by atoms with Gasteiger partial charge in [-0.1, -0.05) is 31.5 Å². The number of thioether (sulfide) groups is 1. The molecule has 0 atom stereocenters. The highest BCUT2D eigenvalue weighted by atomic mass is 32.2. The van der Waals surface area contributed by atoms with E-state index in [0.717, 1.165) is 48.8 Å². The summed E-state index contributed by atoms with van der Waals surface area (Å²) in [6.07, 6.45) is 3.06. The number of nitrogens with zero attached hydrogens (tertiary/aromatic N) is 3. The van der Waals surface area contributed by atoms with Crippen molar-refractivity contribution >= 4 is 28.3 Å². The zero-order valence-electron chi connectivity index (χ0n) is 13.0. The van der Waals surface area contributed by atoms with Gasteiger partial charge in [0.2, 0.25) is 0 Å². The van der Waals surface area contributed by atoms with E-state index in [-0.39, 0.29) is 10.6 Å². The lowest BCUT2D eigenvalue weighted by Gasteiger charge is -2.17. The Hall–Kier alpha value is -2.02. The van der Waals surface area contributed by atoms with Gasteiger partial charge in [0, 0.05) is 23.6 Å². The van der Waals surface area contributed by atoms with Gasteiger partial charge in [-0.2, -0.15) is 0 Å². The lowest BCUT2D eigenvalue weighted by molar-refractivity contribution is -0.385. The van der Waals surface area contributed by atoms with Crippen LogP contribution in [0.1, 0.15) is 31.7 Å². The maximum absolute atomic E-state index is 11.4. The molecule has 2 aliphatic heterocycles. The highest BCUT2D eigenvalue weighted by Crippen LogP contribution is 2.38. The van der Waals surface area contributed by atoms with Crippen LogP contribution < -0.4 is 4.74 Å². The van der Waals surface area contributed by atoms with Crippen molar-refractivity contribution in [1.29, 1.82) is 0 Å². The number of ether oxygens (including phenoxy) is 1. The molecule has 0 aromatic heterocycles. The topological polar surface area (TPSA) is 68.0 Å². The Balaban J connectivity index is 1.79. The van der Waals surface area contributed by atoms with Crippen molar-refractivity contribution in [2.45, 2.75) is 26.2 Å². The third kappa shape index (κ3) is 3.34. The monoisotopic (exact) mass is 333 g/mol. The van der Waals surface area contributed by atoms with Crippen molar-refractivity contribution in [3.8, 4) is 5.75 Å². The summed E-state index contributed by atoms with van der Waals surface area (Å²) in [7, 11) is 0. The van der Waals surface area contributed by atoms with Crippen molar-refractivity contribution < 1.29 is 9.66 Å². The highest BCUT2D eigenvalue weighted by Gasteiger charge is 2.28. The quantitative estimate of drug-likeness (QED) is 0.430. The Morgan fingerprint density at radius 1 is 1.43 bits per heavy atom. The molecule has 122 valence electrons. The number of aliphatic imine (C=N–C) groups is 1. The van der Waals surface area contributed by atoms with Crippen molar-refractivity contribution in [3.63, 3.8) is 0 Å². The van der Waals surface area contributed by atoms with E-state index in [9.17, 15) is 10.1 Å². The Morgan fingerprint density at radius 3 is 3.09 bits per heavy atom. The molecule has 23 heavy (non-hydrogen) atoms. The van der Waals surface area contributed by atoms with Gasteiger partial charge in [0.15, 0.2) is 10.9 Å². The van der Waals surface area contributed by atoms with E-state index in [1.165, 1.54) is 0 Å². The van der Waals surface area contributed by atoms with Crippen molar-refractivity contribution in [2.24, 2.45) is 4.99 Å². The predicted molar refractivity (Wildman–Crippen MR) is 92.7 cm³/mol. The predicted octanol–water partition coefficient (Wildman–Crippen LogP) is 3.88. The third-order valence-electron chi connectivity index (χ3n) is 3.83. The van der Waals surface area contributed by atoms with E-state index in [1.807, 2.05) is 11.5 Å². The van der Waals surface area contributed by atoms with Crippen LogP contribution in [0, 0.1) is 10.1 Å². The molecule has 0 spiro atoms. The van der Waals surface area contributed by atoms with E-state index in [4.69, 9.17) is 4.74 Å². The van der Waals surface area contributed by atoms with E-state index in [0.29, 0.717) is 12.4 Å². The maximum Gasteiger partial charge on any atom is 0.311 e. The molecule has 7 heteroatoms. The van der Waals surface area contributed by atoms with Gasteiger partial charge in [-0.3, -0.25) is 15.1 Å². The molecule has 0 amide bonds. The summed E-state index contributed by atoms with van der Waals surface area (Å²) in [6.45, 7) is 4.23. The Morgan fingerprint density at radius 2 is 2.30 bits per heavy atom. The van der Waals surface area contributed by atoms with Crippen LogP contribution in [0.5, 0.6) is 5.75 Å². The summed E-state index contributed by atoms with van der Waals surface area (Å²) in [5.74, 6) is 0.344. The summed E-state index contributed by atoms with van der Waals surface area (Å²) in [6, 6.07) is 5.19. The highest BCUT2D eigenvalue weighted by molar-refractivity contribution is 8.16. The van der Waals surface area contributed by atoms with Crippen LogP contribution in [0.3, 0.4) is 0 Å². The summed E-state index contributed by atoms with van der Waals surface area (Å²) in [4.78, 5) is 17.5. The van der Waals surface area contributed by atoms with Crippen molar-refractivity contribution in [2.75, 3.05) is 19.7 Å². The lowest BCUT2D eigenvalue weighted by atomic mass is 10.1. The molecule has 6 nitrogen and oxygen atoms in total. The second kappa shape index (κ2) is 7.04. The standard InChI is InChI=1S/C16H19N3O3S/c1-2-3-4-9-22-15-6-5-12(10-13(15)19(20)21)14-11-23-16-17-7-8-18(14)16/h5-6,10-11H,2-4,7-9H2,1H3. The number of rotatable bonds is 7. The molecule has 0 N–H and O–H groups in total. The Bertz CT molecular complexity index is 673. The van der Waals surface area contributed by atoms with Crippen molar-refractivity contribution in [1.82, 2.24) is 4.90 Å². The molecule has 0 aliphatic carbocycles. The summed E-state index contributed by atoms with van der Waals surface area (Å²) >= 11 is 1.57. The van der Waals surface area contributed by atoms with Crippen molar-refractivity contribution in [3.05, 3.63) is 39.3 Å². The number of hydrogen-bond acceptors (Lipinski definition) is 6. The number of nitro groups is 1. The normalized spacial score (nSPS) is 16.1. The summed E-state index contributed by atoms with van der Waals surface area (Å²) in [5, 5.41) is 14.3. The van der Waals surface area contributed by atoms with Crippen LogP contribution in [0.2, 0.25) is 0 Å². The molecular weight excluding hydrogens is 314 g/mol. The molecule has 0 fully saturated rings. The first kappa shape index (κ1) is 15.9. The molecule has 1 aromatic carbocycles. The van der Waals surface area contributed by atoms with E-state index in [2.05, 4.69) is 16.8 Å². The molecule has 0 radical (unpaired) electrons. The van der Waals surface area contributed by atoms with Gasteiger partial charge in [-0.15, -0.1) is 0 Å². The zero-order chi connectivity index (χ0) is 16.2. The van der Waals surface area contributed by atoms with Gasteiger partial charge in [-0.05, 0) is 18.6 Å². The number of nitro benzene ring substituents is 1. The molecular formula is C16H19N3O3S. The summed E-state index contributed by atoms with van der Waals surface area (Å²) < 4.78 is 5.60. The minimum absolute atomic E-state index is 0.0227. The second-order valence-corrected chi connectivity index (χ2v) is 6.27. The average Bonchev–Trinajstić information content (AvgIpc) is 3.15. The number of benzene rings is 1. The fourth-order valence-corrected chi connectivity index (χ4v) is 3.59. The molecule has 1 aromatic rings. The van der Waals surface area contributed by atoms with Crippen LogP contribution in [0.4, 0.5) is 5.69 Å². The maximum atomic E-state index is 11.4. The SMILES string of the molecule is CCCCCOc1ccc(C2=CSC3=NCCN23)cc1[N+](=O)[O-]. The molecule has 0 unspecified atom stereocenters. The number of hydrogen-bond donors (Lipinski definition) is 0. The van der Waals surface area contributed by atoms with Crippen LogP contribution in [0.15, 0.2) is 28.6 Å². The van der Waals surface area contributed by atoms with Gasteiger partial charge in [-0.25, -0.2) is 0 Å². The van der Waals surface area contributed by atoms with Crippen LogP contribution in [-0.4, -0.2) is 34.7 Å². The molecule has 0 bridgehead atoms. The van der Waals surface area contributed by atoms with Gasteiger partial charge in [0.1, 0.15) is 0 Å². The smallest absolute Gasteiger partial charge is 0.311 e. The number of unbranched alkanes of at least 4 members (excludes halogenated alkanes) is 2. The fraction of sp³-hybridized carbons (Fsp3) is 0.438. The van der Waals surface area contributed by atoms with Crippen LogP contribution in [0.25, 0.3) is 5.70 Å². The largest absolute Gasteiger partial charge is 0.487 e. The number of fused-ring (bicyclic) bond motifs is 1. The second-order valence-electron chi connectivity index (χ2n) is 5.43. The van der Waals surface area contributed by atoms with E-state index >= 15 is 0 Å². The average molecular weight is 333 g/mol. The molecule has 3 rings (SSSR count). The molecule has 0 saturated carbocycles. The van der Waals surface area contributed by atoms with Gasteiger partial charge in [0.05, 0.1) is 23.8 Å². The molecule has 2 heterocycles. The van der Waals surface area contributed by atoms with E-state index in [1.54, 1.807) is 23.9 Å². The minimum atomic E-state index is -0.375. The first-order chi connectivity index (χ1) is 11.2. The fourth-order valence-electron chi connectivity index (χ4n) is 2.62. The van der Waals surface area contributed by atoms with Crippen LogP contribution in [-0.2, 0) is 0 Å². The minimum Gasteiger partial charge on any atom is -0.487 e. The third-order valence-corrected chi connectivity index (χ3v) is 4.73.